The van der Waals surface area contributed by atoms with E-state index >= 15 is 0 Å². The predicted molar refractivity (Wildman–Crippen MR) is 100 cm³/mol. The van der Waals surface area contributed by atoms with Gasteiger partial charge in [0.1, 0.15) is 12.1 Å². The number of anilines is 3. The average Bonchev–Trinajstić information content (AvgIpc) is 2.70. The van der Waals surface area contributed by atoms with Crippen molar-refractivity contribution in [3.05, 3.63) is 66.7 Å². The first-order chi connectivity index (χ1) is 12.4. The highest BCUT2D eigenvalue weighted by atomic mass is 16.5. The quantitative estimate of drug-likeness (QED) is 0.925. The van der Waals surface area contributed by atoms with Gasteiger partial charge in [-0.25, -0.2) is 9.97 Å². The molecule has 2 aliphatic rings. The Hall–Kier alpha value is -2.66. The standard InChI is InChI=1S/C20H22N4O/c1-2-4-16(5-3-1)19-14-20(22-15-21-19)23-17-6-8-18(9-7-17)24-10-12-25-13-11-24/h1-4,6-9,14-16H,5,10-13H2,(H,21,22,23). The average molecular weight is 334 g/mol. The third-order valence-electron chi connectivity index (χ3n) is 4.56. The van der Waals surface area contributed by atoms with Crippen LogP contribution in [0.5, 0.6) is 0 Å². The van der Waals surface area contributed by atoms with Gasteiger partial charge in [0.25, 0.3) is 0 Å². The molecule has 1 aromatic heterocycles. The number of hydrogen-bond donors (Lipinski definition) is 1. The van der Waals surface area contributed by atoms with Crippen LogP contribution in [0.25, 0.3) is 0 Å². The largest absolute Gasteiger partial charge is 0.378 e. The number of nitrogens with zero attached hydrogens (tertiary/aromatic N) is 3. The van der Waals surface area contributed by atoms with Gasteiger partial charge in [0.15, 0.2) is 0 Å². The molecule has 25 heavy (non-hydrogen) atoms. The van der Waals surface area contributed by atoms with Crippen LogP contribution >= 0.6 is 0 Å². The van der Waals surface area contributed by atoms with Crippen LogP contribution in [0.15, 0.2) is 61.0 Å². The van der Waals surface area contributed by atoms with Crippen molar-refractivity contribution in [2.45, 2.75) is 12.3 Å². The Morgan fingerprint density at radius 1 is 1.04 bits per heavy atom. The fraction of sp³-hybridized carbons (Fsp3) is 0.300. The normalized spacial score (nSPS) is 19.8. The maximum atomic E-state index is 5.41. The minimum atomic E-state index is 0.331. The SMILES string of the molecule is C1=CCC(c2cc(Nc3ccc(N4CCOCC4)cc3)ncn2)C=C1. The number of nitrogens with one attached hydrogen (secondary N) is 1. The van der Waals surface area contributed by atoms with Crippen molar-refractivity contribution in [3.63, 3.8) is 0 Å². The lowest BCUT2D eigenvalue weighted by Crippen LogP contribution is -2.36. The highest BCUT2D eigenvalue weighted by Crippen LogP contribution is 2.25. The number of morpholine rings is 1. The van der Waals surface area contributed by atoms with E-state index in [0.717, 1.165) is 49.9 Å². The first-order valence-electron chi connectivity index (χ1n) is 8.73. The van der Waals surface area contributed by atoms with Crippen molar-refractivity contribution in [2.24, 2.45) is 0 Å². The van der Waals surface area contributed by atoms with E-state index in [1.807, 2.05) is 6.07 Å². The van der Waals surface area contributed by atoms with E-state index in [0.29, 0.717) is 5.92 Å². The van der Waals surface area contributed by atoms with E-state index in [4.69, 9.17) is 4.74 Å². The Labute approximate surface area is 148 Å². The van der Waals surface area contributed by atoms with Gasteiger partial charge in [-0.05, 0) is 30.7 Å². The monoisotopic (exact) mass is 334 g/mol. The summed E-state index contributed by atoms with van der Waals surface area (Å²) in [4.78, 5) is 11.1. The van der Waals surface area contributed by atoms with Crippen LogP contribution in [0.4, 0.5) is 17.2 Å². The molecule has 1 atom stereocenters. The lowest BCUT2D eigenvalue weighted by atomic mass is 9.97. The number of ether oxygens (including phenoxy) is 1. The molecule has 1 saturated heterocycles. The molecule has 2 aromatic rings. The molecule has 1 fully saturated rings. The molecular formula is C20H22N4O. The van der Waals surface area contributed by atoms with Crippen molar-refractivity contribution in [3.8, 4) is 0 Å². The van der Waals surface area contributed by atoms with Gasteiger partial charge >= 0.3 is 0 Å². The lowest BCUT2D eigenvalue weighted by molar-refractivity contribution is 0.122. The molecule has 2 heterocycles. The van der Waals surface area contributed by atoms with E-state index < -0.39 is 0 Å². The van der Waals surface area contributed by atoms with Crippen LogP contribution in [0, 0.1) is 0 Å². The Morgan fingerprint density at radius 2 is 1.88 bits per heavy atom. The zero-order chi connectivity index (χ0) is 16.9. The molecule has 1 aliphatic carbocycles. The lowest BCUT2D eigenvalue weighted by Gasteiger charge is -2.28. The summed E-state index contributed by atoms with van der Waals surface area (Å²) in [6.45, 7) is 3.50. The van der Waals surface area contributed by atoms with Gasteiger partial charge in [-0.3, -0.25) is 0 Å². The zero-order valence-electron chi connectivity index (χ0n) is 14.1. The zero-order valence-corrected chi connectivity index (χ0v) is 14.1. The van der Waals surface area contributed by atoms with Crippen LogP contribution in [-0.4, -0.2) is 36.3 Å². The van der Waals surface area contributed by atoms with Crippen molar-refractivity contribution in [2.75, 3.05) is 36.5 Å². The molecule has 1 unspecified atom stereocenters. The Balaban J connectivity index is 1.45. The van der Waals surface area contributed by atoms with Gasteiger partial charge in [0.05, 0.1) is 18.9 Å². The summed E-state index contributed by atoms with van der Waals surface area (Å²) in [5.74, 6) is 1.16. The minimum Gasteiger partial charge on any atom is -0.378 e. The molecule has 0 bridgehead atoms. The van der Waals surface area contributed by atoms with Crippen LogP contribution in [0.2, 0.25) is 0 Å². The number of rotatable bonds is 4. The molecule has 0 saturated carbocycles. The highest BCUT2D eigenvalue weighted by molar-refractivity contribution is 5.61. The van der Waals surface area contributed by atoms with Gasteiger partial charge < -0.3 is 15.0 Å². The fourth-order valence-corrected chi connectivity index (χ4v) is 3.17. The van der Waals surface area contributed by atoms with Crippen LogP contribution in [0.1, 0.15) is 18.0 Å². The second-order valence-corrected chi connectivity index (χ2v) is 6.25. The smallest absolute Gasteiger partial charge is 0.134 e. The highest BCUT2D eigenvalue weighted by Gasteiger charge is 2.12. The Bertz CT molecular complexity index is 764. The summed E-state index contributed by atoms with van der Waals surface area (Å²) in [5.41, 5.74) is 3.31. The maximum absolute atomic E-state index is 5.41. The predicted octanol–water partition coefficient (Wildman–Crippen LogP) is 3.66. The molecule has 1 N–H and O–H groups in total. The molecule has 5 nitrogen and oxygen atoms in total. The van der Waals surface area contributed by atoms with E-state index in [-0.39, 0.29) is 0 Å². The molecule has 5 heteroatoms. The molecule has 0 spiro atoms. The Kier molecular flexibility index (Phi) is 4.74. The molecule has 0 amide bonds. The summed E-state index contributed by atoms with van der Waals surface area (Å²) in [6.07, 6.45) is 11.1. The summed E-state index contributed by atoms with van der Waals surface area (Å²) in [7, 11) is 0. The minimum absolute atomic E-state index is 0.331. The van der Waals surface area contributed by atoms with E-state index in [1.165, 1.54) is 5.69 Å². The van der Waals surface area contributed by atoms with E-state index in [9.17, 15) is 0 Å². The number of hydrogen-bond acceptors (Lipinski definition) is 5. The Morgan fingerprint density at radius 3 is 2.64 bits per heavy atom. The topological polar surface area (TPSA) is 50.3 Å². The van der Waals surface area contributed by atoms with Crippen LogP contribution in [0.3, 0.4) is 0 Å². The summed E-state index contributed by atoms with van der Waals surface area (Å²) in [6, 6.07) is 10.5. The fourth-order valence-electron chi connectivity index (χ4n) is 3.17. The third kappa shape index (κ3) is 3.88. The summed E-state index contributed by atoms with van der Waals surface area (Å²) >= 11 is 0. The molecule has 1 aliphatic heterocycles. The van der Waals surface area contributed by atoms with Crippen molar-refractivity contribution >= 4 is 17.2 Å². The summed E-state index contributed by atoms with van der Waals surface area (Å²) < 4.78 is 5.41. The molecule has 128 valence electrons. The molecular weight excluding hydrogens is 312 g/mol. The van der Waals surface area contributed by atoms with E-state index in [1.54, 1.807) is 6.33 Å². The van der Waals surface area contributed by atoms with Gasteiger partial charge in [-0.2, -0.15) is 0 Å². The van der Waals surface area contributed by atoms with Gasteiger partial charge in [0, 0.05) is 36.4 Å². The van der Waals surface area contributed by atoms with Crippen molar-refractivity contribution < 1.29 is 4.74 Å². The molecule has 1 aromatic carbocycles. The van der Waals surface area contributed by atoms with Crippen molar-refractivity contribution in [1.29, 1.82) is 0 Å². The van der Waals surface area contributed by atoms with E-state index in [2.05, 4.69) is 68.8 Å². The maximum Gasteiger partial charge on any atom is 0.134 e. The molecule has 4 rings (SSSR count). The van der Waals surface area contributed by atoms with Gasteiger partial charge in [0.2, 0.25) is 0 Å². The first kappa shape index (κ1) is 15.8. The number of allylic oxidation sites excluding steroid dienone is 4. The second-order valence-electron chi connectivity index (χ2n) is 6.25. The van der Waals surface area contributed by atoms with Gasteiger partial charge in [-0.15, -0.1) is 0 Å². The van der Waals surface area contributed by atoms with Crippen LogP contribution < -0.4 is 10.2 Å². The number of benzene rings is 1. The summed E-state index contributed by atoms with van der Waals surface area (Å²) in [5, 5.41) is 3.38. The number of aromatic nitrogens is 2. The third-order valence-corrected chi connectivity index (χ3v) is 4.56. The molecule has 0 radical (unpaired) electrons. The van der Waals surface area contributed by atoms with Crippen molar-refractivity contribution in [1.82, 2.24) is 9.97 Å². The van der Waals surface area contributed by atoms with Crippen LogP contribution in [-0.2, 0) is 4.74 Å². The second kappa shape index (κ2) is 7.49. The van der Waals surface area contributed by atoms with Gasteiger partial charge in [-0.1, -0.05) is 24.3 Å². The first-order valence-corrected chi connectivity index (χ1v) is 8.73.